The molecule has 0 aliphatic rings. The summed E-state index contributed by atoms with van der Waals surface area (Å²) in [5, 5.41) is 10.6. The molecule has 4 N–H and O–H groups in total. The van der Waals surface area contributed by atoms with E-state index in [0.29, 0.717) is 24.3 Å². The van der Waals surface area contributed by atoms with E-state index in [1.165, 1.54) is 27.1 Å². The van der Waals surface area contributed by atoms with Crippen molar-refractivity contribution in [3.63, 3.8) is 0 Å². The predicted octanol–water partition coefficient (Wildman–Crippen LogP) is 0.464. The number of aromatic nitrogens is 2. The van der Waals surface area contributed by atoms with Gasteiger partial charge in [0.15, 0.2) is 10.8 Å². The number of rotatable bonds is 8. The lowest BCUT2D eigenvalue weighted by Crippen LogP contribution is -2.30. The molecule has 10 heteroatoms. The predicted molar refractivity (Wildman–Crippen MR) is 81.6 cm³/mol. The lowest BCUT2D eigenvalue weighted by molar-refractivity contribution is 0.281. The summed E-state index contributed by atoms with van der Waals surface area (Å²) in [6, 6.07) is 0. The van der Waals surface area contributed by atoms with Crippen molar-refractivity contribution in [3.8, 4) is 0 Å². The number of unbranched alkanes of at least 4 members (excludes halogenated alkanes) is 2. The van der Waals surface area contributed by atoms with Gasteiger partial charge in [-0.15, -0.1) is 11.3 Å². The minimum absolute atomic E-state index is 0.0471. The quantitative estimate of drug-likeness (QED) is 0.367. The molecule has 0 unspecified atom stereocenters. The number of hydrazine groups is 1. The van der Waals surface area contributed by atoms with Gasteiger partial charge < -0.3 is 10.5 Å². The number of anilines is 1. The van der Waals surface area contributed by atoms with E-state index in [1.54, 1.807) is 11.6 Å². The fourth-order valence-electron chi connectivity index (χ4n) is 2.00. The molecule has 2 rings (SSSR count). The van der Waals surface area contributed by atoms with Crippen LogP contribution < -0.4 is 11.3 Å². The maximum atomic E-state index is 12.7. The number of imidazole rings is 1. The summed E-state index contributed by atoms with van der Waals surface area (Å²) in [6.45, 7) is 0.500. The fourth-order valence-corrected chi connectivity index (χ4v) is 4.18. The van der Waals surface area contributed by atoms with Gasteiger partial charge in [0.2, 0.25) is 5.03 Å². The van der Waals surface area contributed by atoms with Gasteiger partial charge in [-0.3, -0.25) is 4.40 Å². The van der Waals surface area contributed by atoms with Crippen LogP contribution in [0.5, 0.6) is 0 Å². The Morgan fingerprint density at radius 1 is 1.48 bits per heavy atom. The molecule has 0 spiro atoms. The second kappa shape index (κ2) is 6.71. The van der Waals surface area contributed by atoms with Gasteiger partial charge >= 0.3 is 0 Å². The Bertz CT molecular complexity index is 694. The van der Waals surface area contributed by atoms with Crippen LogP contribution in [0.1, 0.15) is 19.3 Å². The molecular formula is C11H19N5O3S2. The van der Waals surface area contributed by atoms with E-state index in [0.717, 1.165) is 6.42 Å². The number of fused-ring (bicyclic) bond motifs is 1. The number of aliphatic hydroxyl groups excluding tert-OH is 1. The van der Waals surface area contributed by atoms with Crippen molar-refractivity contribution in [2.75, 3.05) is 25.6 Å². The van der Waals surface area contributed by atoms with Gasteiger partial charge in [-0.1, -0.05) is 0 Å². The number of nitrogens with one attached hydrogen (secondary N) is 1. The Morgan fingerprint density at radius 2 is 2.24 bits per heavy atom. The fraction of sp³-hybridized carbons (Fsp3) is 0.545. The van der Waals surface area contributed by atoms with Crippen LogP contribution in [0, 0.1) is 0 Å². The Balaban J connectivity index is 2.26. The Hall–Kier alpha value is -1.20. The monoisotopic (exact) mass is 333 g/mol. The highest BCUT2D eigenvalue weighted by molar-refractivity contribution is 7.89. The zero-order valence-corrected chi connectivity index (χ0v) is 13.3. The molecule has 0 saturated carbocycles. The van der Waals surface area contributed by atoms with E-state index in [-0.39, 0.29) is 17.5 Å². The lowest BCUT2D eigenvalue weighted by atomic mass is 10.2. The number of hydrogen-bond donors (Lipinski definition) is 3. The van der Waals surface area contributed by atoms with Crippen LogP contribution in [0.3, 0.4) is 0 Å². The summed E-state index contributed by atoms with van der Waals surface area (Å²) < 4.78 is 28.1. The topological polar surface area (TPSA) is 113 Å². The first-order valence-corrected chi connectivity index (χ1v) is 8.83. The van der Waals surface area contributed by atoms with Crippen LogP contribution in [-0.2, 0) is 10.0 Å². The second-order valence-corrected chi connectivity index (χ2v) is 7.41. The van der Waals surface area contributed by atoms with Crippen molar-refractivity contribution in [2.24, 2.45) is 5.84 Å². The third-order valence-electron chi connectivity index (χ3n) is 3.14. The van der Waals surface area contributed by atoms with Crippen LogP contribution in [0.25, 0.3) is 4.96 Å². The second-order valence-electron chi connectivity index (χ2n) is 4.58. The zero-order chi connectivity index (χ0) is 15.5. The van der Waals surface area contributed by atoms with Gasteiger partial charge in [0.05, 0.1) is 0 Å². The van der Waals surface area contributed by atoms with Crippen LogP contribution in [-0.4, -0.2) is 47.4 Å². The first-order chi connectivity index (χ1) is 10.0. The standard InChI is InChI=1S/C11H19N5O3S2/c1-15(5-3-2-4-7-17)21(18,19)10-9(14-12)13-11-16(10)6-8-20-11/h6,8,14,17H,2-5,7,12H2,1H3. The molecule has 2 heterocycles. The Labute approximate surface area is 127 Å². The van der Waals surface area contributed by atoms with E-state index < -0.39 is 10.0 Å². The third-order valence-corrected chi connectivity index (χ3v) is 5.78. The highest BCUT2D eigenvalue weighted by Gasteiger charge is 2.29. The van der Waals surface area contributed by atoms with Crippen molar-refractivity contribution < 1.29 is 13.5 Å². The molecule has 8 nitrogen and oxygen atoms in total. The highest BCUT2D eigenvalue weighted by atomic mass is 32.2. The molecule has 0 fully saturated rings. The third kappa shape index (κ3) is 3.19. The summed E-state index contributed by atoms with van der Waals surface area (Å²) in [6.07, 6.45) is 3.79. The maximum absolute atomic E-state index is 12.7. The summed E-state index contributed by atoms with van der Waals surface area (Å²) in [5.41, 5.74) is 2.34. The first-order valence-electron chi connectivity index (χ1n) is 6.51. The molecule has 0 aromatic carbocycles. The number of nitrogens with zero attached hydrogens (tertiary/aromatic N) is 3. The minimum atomic E-state index is -3.69. The van der Waals surface area contributed by atoms with Crippen LogP contribution >= 0.6 is 11.3 Å². The highest BCUT2D eigenvalue weighted by Crippen LogP contribution is 2.27. The van der Waals surface area contributed by atoms with Gasteiger partial charge in [-0.2, -0.15) is 9.29 Å². The number of nitrogen functional groups attached to an aromatic ring is 1. The van der Waals surface area contributed by atoms with Gasteiger partial charge in [-0.25, -0.2) is 14.3 Å². The molecule has 0 aliphatic heterocycles. The minimum Gasteiger partial charge on any atom is -0.396 e. The molecule has 0 saturated heterocycles. The van der Waals surface area contributed by atoms with E-state index in [9.17, 15) is 8.42 Å². The molecule has 0 aliphatic carbocycles. The average Bonchev–Trinajstić information content (AvgIpc) is 3.02. The molecule has 0 amide bonds. The summed E-state index contributed by atoms with van der Waals surface area (Å²) in [4.78, 5) is 4.72. The smallest absolute Gasteiger partial charge is 0.262 e. The van der Waals surface area contributed by atoms with E-state index in [2.05, 4.69) is 10.4 Å². The number of sulfonamides is 1. The van der Waals surface area contributed by atoms with Gasteiger partial charge in [0, 0.05) is 31.8 Å². The van der Waals surface area contributed by atoms with Crippen LogP contribution in [0.15, 0.2) is 16.6 Å². The number of aliphatic hydroxyl groups is 1. The maximum Gasteiger partial charge on any atom is 0.262 e. The largest absolute Gasteiger partial charge is 0.396 e. The van der Waals surface area contributed by atoms with Crippen molar-refractivity contribution >= 4 is 32.1 Å². The molecule has 118 valence electrons. The van der Waals surface area contributed by atoms with Crippen molar-refractivity contribution in [1.29, 1.82) is 0 Å². The molecular weight excluding hydrogens is 314 g/mol. The Kier molecular flexibility index (Phi) is 5.17. The molecule has 2 aromatic rings. The van der Waals surface area contributed by atoms with Crippen molar-refractivity contribution in [2.45, 2.75) is 24.3 Å². The molecule has 2 aromatic heterocycles. The molecule has 0 radical (unpaired) electrons. The van der Waals surface area contributed by atoms with Crippen molar-refractivity contribution in [3.05, 3.63) is 11.6 Å². The normalized spacial score (nSPS) is 12.4. The van der Waals surface area contributed by atoms with Crippen LogP contribution in [0.2, 0.25) is 0 Å². The van der Waals surface area contributed by atoms with E-state index >= 15 is 0 Å². The lowest BCUT2D eigenvalue weighted by Gasteiger charge is -2.17. The summed E-state index contributed by atoms with van der Waals surface area (Å²) >= 11 is 1.34. The van der Waals surface area contributed by atoms with Gasteiger partial charge in [0.1, 0.15) is 0 Å². The SMILES string of the molecule is CN(CCCCCO)S(=O)(=O)c1c(NN)nc2sccn12. The van der Waals surface area contributed by atoms with E-state index in [4.69, 9.17) is 10.9 Å². The molecule has 0 atom stereocenters. The first kappa shape index (κ1) is 16.2. The number of hydrogen-bond acceptors (Lipinski definition) is 7. The van der Waals surface area contributed by atoms with Gasteiger partial charge in [-0.05, 0) is 19.3 Å². The van der Waals surface area contributed by atoms with Crippen LogP contribution in [0.4, 0.5) is 5.82 Å². The zero-order valence-electron chi connectivity index (χ0n) is 11.7. The summed E-state index contributed by atoms with van der Waals surface area (Å²) in [7, 11) is -2.16. The van der Waals surface area contributed by atoms with E-state index in [1.807, 2.05) is 0 Å². The number of nitrogens with two attached hydrogens (primary N) is 1. The molecule has 21 heavy (non-hydrogen) atoms. The van der Waals surface area contributed by atoms with Gasteiger partial charge in [0.25, 0.3) is 10.0 Å². The summed E-state index contributed by atoms with van der Waals surface area (Å²) in [5.74, 6) is 5.52. The number of thiazole rings is 1. The molecule has 0 bridgehead atoms. The van der Waals surface area contributed by atoms with Crippen molar-refractivity contribution in [1.82, 2.24) is 13.7 Å². The Morgan fingerprint density at radius 3 is 2.90 bits per heavy atom. The average molecular weight is 333 g/mol.